The number of nitrogens with two attached hydrogens (primary N) is 1. The van der Waals surface area contributed by atoms with Crippen LogP contribution in [0, 0.1) is 5.82 Å². The third-order valence-corrected chi connectivity index (χ3v) is 2.59. The van der Waals surface area contributed by atoms with Crippen molar-refractivity contribution < 1.29 is 9.18 Å². The van der Waals surface area contributed by atoms with Crippen molar-refractivity contribution in [2.45, 2.75) is 32.7 Å². The van der Waals surface area contributed by atoms with Crippen LogP contribution in [0.5, 0.6) is 0 Å². The van der Waals surface area contributed by atoms with Crippen LogP contribution in [-0.4, -0.2) is 11.4 Å². The van der Waals surface area contributed by atoms with E-state index in [1.54, 1.807) is 0 Å². The van der Waals surface area contributed by atoms with E-state index in [1.807, 2.05) is 20.8 Å². The topological polar surface area (TPSA) is 55.1 Å². The van der Waals surface area contributed by atoms with Crippen LogP contribution in [0.2, 0.25) is 0 Å². The minimum atomic E-state index is -0.508. The highest BCUT2D eigenvalue weighted by molar-refractivity contribution is 5.95. The molecule has 88 valence electrons. The Morgan fingerprint density at radius 1 is 1.50 bits per heavy atom. The molecule has 0 bridgehead atoms. The van der Waals surface area contributed by atoms with Crippen molar-refractivity contribution in [3.63, 3.8) is 0 Å². The average molecular weight is 224 g/mol. The SMILES string of the molecule is CCC(C)(C)NC(=O)c1ccc(F)c(N)c1. The smallest absolute Gasteiger partial charge is 0.251 e. The maximum atomic E-state index is 12.9. The fourth-order valence-corrected chi connectivity index (χ4v) is 1.15. The highest BCUT2D eigenvalue weighted by atomic mass is 19.1. The summed E-state index contributed by atoms with van der Waals surface area (Å²) < 4.78 is 12.9. The van der Waals surface area contributed by atoms with Gasteiger partial charge in [0.25, 0.3) is 5.91 Å². The molecule has 3 nitrogen and oxygen atoms in total. The first kappa shape index (κ1) is 12.5. The number of hydrogen-bond acceptors (Lipinski definition) is 2. The van der Waals surface area contributed by atoms with E-state index in [0.717, 1.165) is 6.42 Å². The van der Waals surface area contributed by atoms with Crippen molar-refractivity contribution in [2.24, 2.45) is 0 Å². The van der Waals surface area contributed by atoms with Gasteiger partial charge in [-0.2, -0.15) is 0 Å². The molecule has 3 N–H and O–H groups in total. The number of amides is 1. The highest BCUT2D eigenvalue weighted by Crippen LogP contribution is 2.14. The van der Waals surface area contributed by atoms with Gasteiger partial charge in [-0.1, -0.05) is 6.92 Å². The second kappa shape index (κ2) is 4.51. The molecule has 1 rings (SSSR count). The summed E-state index contributed by atoms with van der Waals surface area (Å²) in [5.41, 5.74) is 5.49. The molecule has 0 heterocycles. The summed E-state index contributed by atoms with van der Waals surface area (Å²) in [6, 6.07) is 3.96. The second-order valence-electron chi connectivity index (χ2n) is 4.43. The van der Waals surface area contributed by atoms with Gasteiger partial charge in [0.2, 0.25) is 0 Å². The molecule has 1 aromatic rings. The standard InChI is InChI=1S/C12H17FN2O/c1-4-12(2,3)15-11(16)8-5-6-9(13)10(14)7-8/h5-7H,4,14H2,1-3H3,(H,15,16). The first-order valence-electron chi connectivity index (χ1n) is 5.23. The van der Waals surface area contributed by atoms with Gasteiger partial charge in [0.1, 0.15) is 5.82 Å². The molecule has 0 radical (unpaired) electrons. The average Bonchev–Trinajstić information content (AvgIpc) is 2.21. The molecule has 0 saturated carbocycles. The number of hydrogen-bond donors (Lipinski definition) is 2. The van der Waals surface area contributed by atoms with Crippen LogP contribution in [0.15, 0.2) is 18.2 Å². The minimum absolute atomic E-state index is 0.0121. The van der Waals surface area contributed by atoms with Crippen molar-refractivity contribution >= 4 is 11.6 Å². The Kier molecular flexibility index (Phi) is 3.52. The van der Waals surface area contributed by atoms with E-state index >= 15 is 0 Å². The Bertz CT molecular complexity index is 402. The van der Waals surface area contributed by atoms with E-state index in [-0.39, 0.29) is 17.1 Å². The third-order valence-electron chi connectivity index (χ3n) is 2.59. The van der Waals surface area contributed by atoms with Crippen molar-refractivity contribution in [3.05, 3.63) is 29.6 Å². The van der Waals surface area contributed by atoms with Crippen molar-refractivity contribution in [2.75, 3.05) is 5.73 Å². The number of carbonyl (C=O) groups excluding carboxylic acids is 1. The molecule has 16 heavy (non-hydrogen) atoms. The lowest BCUT2D eigenvalue weighted by atomic mass is 10.0. The number of nitrogens with one attached hydrogen (secondary N) is 1. The van der Waals surface area contributed by atoms with Gasteiger partial charge in [0.15, 0.2) is 0 Å². The van der Waals surface area contributed by atoms with Crippen LogP contribution < -0.4 is 11.1 Å². The summed E-state index contributed by atoms with van der Waals surface area (Å²) in [5, 5.41) is 2.85. The predicted octanol–water partition coefficient (Wildman–Crippen LogP) is 2.33. The molecule has 0 saturated heterocycles. The lowest BCUT2D eigenvalue weighted by Crippen LogP contribution is -2.42. The number of carbonyl (C=O) groups is 1. The lowest BCUT2D eigenvalue weighted by Gasteiger charge is -2.24. The molecular formula is C12H17FN2O. The molecule has 0 aliphatic carbocycles. The number of rotatable bonds is 3. The first-order chi connectivity index (χ1) is 7.35. The molecule has 1 aromatic carbocycles. The maximum absolute atomic E-state index is 12.9. The Morgan fingerprint density at radius 2 is 2.12 bits per heavy atom. The monoisotopic (exact) mass is 224 g/mol. The zero-order chi connectivity index (χ0) is 12.3. The number of benzene rings is 1. The second-order valence-corrected chi connectivity index (χ2v) is 4.43. The van der Waals surface area contributed by atoms with Crippen molar-refractivity contribution in [1.82, 2.24) is 5.32 Å². The Morgan fingerprint density at radius 3 is 2.62 bits per heavy atom. The zero-order valence-electron chi connectivity index (χ0n) is 9.80. The molecule has 0 unspecified atom stereocenters. The van der Waals surface area contributed by atoms with Crippen LogP contribution in [0.3, 0.4) is 0 Å². The summed E-state index contributed by atoms with van der Waals surface area (Å²) in [7, 11) is 0. The summed E-state index contributed by atoms with van der Waals surface area (Å²) in [6.45, 7) is 5.84. The summed E-state index contributed by atoms with van der Waals surface area (Å²) >= 11 is 0. The van der Waals surface area contributed by atoms with Gasteiger partial charge < -0.3 is 11.1 Å². The molecule has 0 aliphatic heterocycles. The molecule has 4 heteroatoms. The fraction of sp³-hybridized carbons (Fsp3) is 0.417. The summed E-state index contributed by atoms with van der Waals surface area (Å²) in [6.07, 6.45) is 0.815. The number of halogens is 1. The van der Waals surface area contributed by atoms with Gasteiger partial charge in [-0.25, -0.2) is 4.39 Å². The van der Waals surface area contributed by atoms with Crippen LogP contribution in [0.25, 0.3) is 0 Å². The Balaban J connectivity index is 2.85. The molecule has 0 aromatic heterocycles. The minimum Gasteiger partial charge on any atom is -0.396 e. The zero-order valence-corrected chi connectivity index (χ0v) is 9.80. The van der Waals surface area contributed by atoms with Crippen molar-refractivity contribution in [3.8, 4) is 0 Å². The quantitative estimate of drug-likeness (QED) is 0.774. The Labute approximate surface area is 94.8 Å². The fourth-order valence-electron chi connectivity index (χ4n) is 1.15. The normalized spacial score (nSPS) is 11.2. The van der Waals surface area contributed by atoms with Gasteiger partial charge >= 0.3 is 0 Å². The van der Waals surface area contributed by atoms with Gasteiger partial charge in [0, 0.05) is 11.1 Å². The van der Waals surface area contributed by atoms with Gasteiger partial charge in [-0.3, -0.25) is 4.79 Å². The molecule has 0 atom stereocenters. The van der Waals surface area contributed by atoms with Crippen LogP contribution >= 0.6 is 0 Å². The van der Waals surface area contributed by atoms with Gasteiger partial charge in [0.05, 0.1) is 5.69 Å². The first-order valence-corrected chi connectivity index (χ1v) is 5.23. The van der Waals surface area contributed by atoms with Crippen LogP contribution in [0.1, 0.15) is 37.6 Å². The summed E-state index contributed by atoms with van der Waals surface area (Å²) in [5.74, 6) is -0.746. The number of nitrogen functional groups attached to an aromatic ring is 1. The molecule has 0 spiro atoms. The van der Waals surface area contributed by atoms with E-state index in [4.69, 9.17) is 5.73 Å². The molecular weight excluding hydrogens is 207 g/mol. The lowest BCUT2D eigenvalue weighted by molar-refractivity contribution is 0.0911. The number of anilines is 1. The molecule has 0 aliphatic rings. The largest absolute Gasteiger partial charge is 0.396 e. The maximum Gasteiger partial charge on any atom is 0.251 e. The van der Waals surface area contributed by atoms with E-state index in [2.05, 4.69) is 5.32 Å². The van der Waals surface area contributed by atoms with E-state index in [0.29, 0.717) is 5.56 Å². The third kappa shape index (κ3) is 2.95. The predicted molar refractivity (Wildman–Crippen MR) is 62.6 cm³/mol. The van der Waals surface area contributed by atoms with Crippen LogP contribution in [-0.2, 0) is 0 Å². The van der Waals surface area contributed by atoms with Crippen LogP contribution in [0.4, 0.5) is 10.1 Å². The highest BCUT2D eigenvalue weighted by Gasteiger charge is 2.19. The molecule has 0 fully saturated rings. The van der Waals surface area contributed by atoms with Crippen molar-refractivity contribution in [1.29, 1.82) is 0 Å². The van der Waals surface area contributed by atoms with E-state index < -0.39 is 5.82 Å². The van der Waals surface area contributed by atoms with E-state index in [1.165, 1.54) is 18.2 Å². The Hall–Kier alpha value is -1.58. The summed E-state index contributed by atoms with van der Waals surface area (Å²) in [4.78, 5) is 11.8. The van der Waals surface area contributed by atoms with Gasteiger partial charge in [-0.15, -0.1) is 0 Å². The molecule has 1 amide bonds. The van der Waals surface area contributed by atoms with Gasteiger partial charge in [-0.05, 0) is 38.5 Å². The van der Waals surface area contributed by atoms with E-state index in [9.17, 15) is 9.18 Å².